The van der Waals surface area contributed by atoms with E-state index in [0.29, 0.717) is 17.3 Å². The number of amides is 3. The zero-order chi connectivity index (χ0) is 24.3. The lowest BCUT2D eigenvalue weighted by Gasteiger charge is -2.21. The van der Waals surface area contributed by atoms with Crippen molar-refractivity contribution in [1.82, 2.24) is 10.0 Å². The van der Waals surface area contributed by atoms with Crippen molar-refractivity contribution in [2.75, 3.05) is 5.32 Å². The van der Waals surface area contributed by atoms with Crippen LogP contribution in [-0.2, 0) is 6.18 Å². The van der Waals surface area contributed by atoms with Crippen LogP contribution in [0.25, 0.3) is 0 Å². The van der Waals surface area contributed by atoms with Crippen LogP contribution in [0.4, 0.5) is 32.4 Å². The number of anilines is 1. The van der Waals surface area contributed by atoms with Gasteiger partial charge in [0.25, 0.3) is 5.88 Å². The molecule has 33 heavy (non-hydrogen) atoms. The lowest BCUT2D eigenvalue weighted by molar-refractivity contribution is -0.137. The summed E-state index contributed by atoms with van der Waals surface area (Å²) >= 11 is 11.5. The fourth-order valence-electron chi connectivity index (χ4n) is 2.42. The minimum Gasteiger partial charge on any atom is -0.345 e. The van der Waals surface area contributed by atoms with E-state index in [4.69, 9.17) is 28.0 Å². The van der Waals surface area contributed by atoms with Crippen LogP contribution >= 0.6 is 23.2 Å². The number of rotatable bonds is 4. The van der Waals surface area contributed by atoms with Crippen molar-refractivity contribution in [3.63, 3.8) is 0 Å². The molecule has 1 aromatic heterocycles. The summed E-state index contributed by atoms with van der Waals surface area (Å²) in [6, 6.07) is 7.06. The fourth-order valence-corrected chi connectivity index (χ4v) is 2.75. The molecular weight excluding hydrogens is 496 g/mol. The molecule has 2 aromatic carbocycles. The van der Waals surface area contributed by atoms with E-state index in [1.807, 2.05) is 0 Å². The number of imide groups is 1. The molecule has 3 aromatic rings. The first-order chi connectivity index (χ1) is 15.5. The first kappa shape index (κ1) is 24.2. The van der Waals surface area contributed by atoms with Gasteiger partial charge in [-0.05, 0) is 42.5 Å². The third kappa shape index (κ3) is 5.68. The van der Waals surface area contributed by atoms with Gasteiger partial charge in [0.15, 0.2) is 0 Å². The second-order valence-corrected chi connectivity index (χ2v) is 7.08. The molecular formula is C20H10Cl2F5N3O3. The molecule has 0 atom stereocenters. The van der Waals surface area contributed by atoms with E-state index >= 15 is 0 Å². The minimum absolute atomic E-state index is 0.103. The van der Waals surface area contributed by atoms with Crippen LogP contribution in [0.1, 0.15) is 15.9 Å². The molecule has 0 saturated carbocycles. The van der Waals surface area contributed by atoms with Crippen molar-refractivity contribution in [2.24, 2.45) is 0 Å². The highest BCUT2D eigenvalue weighted by molar-refractivity contribution is 6.32. The molecule has 0 fully saturated rings. The van der Waals surface area contributed by atoms with Gasteiger partial charge in [-0.25, -0.2) is 18.6 Å². The summed E-state index contributed by atoms with van der Waals surface area (Å²) in [5.74, 6) is -5.06. The van der Waals surface area contributed by atoms with Crippen molar-refractivity contribution in [3.05, 3.63) is 87.5 Å². The lowest BCUT2D eigenvalue weighted by Crippen LogP contribution is -2.43. The van der Waals surface area contributed by atoms with Crippen LogP contribution in [0.2, 0.25) is 10.0 Å². The quantitative estimate of drug-likeness (QED) is 0.331. The molecule has 6 nitrogen and oxygen atoms in total. The van der Waals surface area contributed by atoms with E-state index in [9.17, 15) is 31.5 Å². The lowest BCUT2D eigenvalue weighted by atomic mass is 10.2. The molecule has 13 heteroatoms. The zero-order valence-corrected chi connectivity index (χ0v) is 17.5. The molecule has 0 radical (unpaired) electrons. The third-order valence-corrected chi connectivity index (χ3v) is 4.48. The second-order valence-electron chi connectivity index (χ2n) is 6.23. The van der Waals surface area contributed by atoms with E-state index in [-0.39, 0.29) is 10.8 Å². The Hall–Kier alpha value is -3.44. The summed E-state index contributed by atoms with van der Waals surface area (Å²) in [5.41, 5.74) is -2.29. The molecule has 1 heterocycles. The van der Waals surface area contributed by atoms with Crippen molar-refractivity contribution in [1.29, 1.82) is 0 Å². The Balaban J connectivity index is 1.99. The minimum atomic E-state index is -4.78. The Morgan fingerprint density at radius 3 is 2.15 bits per heavy atom. The van der Waals surface area contributed by atoms with Gasteiger partial charge < -0.3 is 10.2 Å². The number of pyridine rings is 1. The van der Waals surface area contributed by atoms with Gasteiger partial charge in [0.2, 0.25) is 0 Å². The van der Waals surface area contributed by atoms with Gasteiger partial charge in [0.1, 0.15) is 22.2 Å². The van der Waals surface area contributed by atoms with Crippen molar-refractivity contribution < 1.29 is 36.4 Å². The molecule has 0 saturated heterocycles. The molecule has 0 aliphatic carbocycles. The predicted molar refractivity (Wildman–Crippen MR) is 108 cm³/mol. The highest BCUT2D eigenvalue weighted by atomic mass is 35.5. The molecule has 0 aliphatic rings. The van der Waals surface area contributed by atoms with Crippen LogP contribution in [0.15, 0.2) is 54.7 Å². The van der Waals surface area contributed by atoms with E-state index in [1.165, 1.54) is 24.3 Å². The van der Waals surface area contributed by atoms with Gasteiger partial charge in [-0.3, -0.25) is 4.79 Å². The summed E-state index contributed by atoms with van der Waals surface area (Å²) < 4.78 is 66.8. The molecule has 0 unspecified atom stereocenters. The second kappa shape index (κ2) is 9.59. The number of hydroxylamine groups is 2. The SMILES string of the molecule is O=C(Nc1ccc(Cl)cc1)N(Oc1ncc(C(F)(F)F)cc1Cl)C(=O)c1c(F)cccc1F. The number of nitrogens with zero attached hydrogens (tertiary/aromatic N) is 2. The number of hydrogen-bond donors (Lipinski definition) is 1. The maximum atomic E-state index is 14.1. The molecule has 0 spiro atoms. The molecule has 0 bridgehead atoms. The Morgan fingerprint density at radius 1 is 1.00 bits per heavy atom. The number of halogens is 7. The van der Waals surface area contributed by atoms with Crippen LogP contribution in [-0.4, -0.2) is 22.0 Å². The molecule has 3 amide bonds. The Kier molecular flexibility index (Phi) is 7.04. The zero-order valence-electron chi connectivity index (χ0n) is 16.0. The summed E-state index contributed by atoms with van der Waals surface area (Å²) in [6.45, 7) is 0. The number of alkyl halides is 3. The first-order valence-electron chi connectivity index (χ1n) is 8.73. The Labute approximate surface area is 192 Å². The fraction of sp³-hybridized carbons (Fsp3) is 0.0500. The maximum Gasteiger partial charge on any atom is 0.417 e. The smallest absolute Gasteiger partial charge is 0.345 e. The summed E-state index contributed by atoms with van der Waals surface area (Å²) in [4.78, 5) is 33.9. The maximum absolute atomic E-state index is 14.1. The van der Waals surface area contributed by atoms with Gasteiger partial charge in [-0.1, -0.05) is 34.3 Å². The van der Waals surface area contributed by atoms with Gasteiger partial charge in [-0.15, -0.1) is 0 Å². The normalized spacial score (nSPS) is 11.1. The number of carbonyl (C=O) groups is 2. The van der Waals surface area contributed by atoms with Crippen LogP contribution < -0.4 is 10.2 Å². The van der Waals surface area contributed by atoms with Crippen molar-refractivity contribution in [3.8, 4) is 5.88 Å². The van der Waals surface area contributed by atoms with Crippen LogP contribution in [0, 0.1) is 11.6 Å². The highest BCUT2D eigenvalue weighted by Gasteiger charge is 2.34. The number of aromatic nitrogens is 1. The third-order valence-electron chi connectivity index (χ3n) is 3.95. The monoisotopic (exact) mass is 505 g/mol. The average Bonchev–Trinajstić information content (AvgIpc) is 2.73. The van der Waals surface area contributed by atoms with E-state index in [1.54, 1.807) is 0 Å². The predicted octanol–water partition coefficient (Wildman–Crippen LogP) is 6.35. The van der Waals surface area contributed by atoms with Crippen LogP contribution in [0.3, 0.4) is 0 Å². The van der Waals surface area contributed by atoms with Gasteiger partial charge in [-0.2, -0.15) is 13.2 Å². The van der Waals surface area contributed by atoms with E-state index in [0.717, 1.165) is 18.2 Å². The molecule has 1 N–H and O–H groups in total. The van der Waals surface area contributed by atoms with Crippen molar-refractivity contribution >= 4 is 40.8 Å². The summed E-state index contributed by atoms with van der Waals surface area (Å²) in [6.07, 6.45) is -4.45. The number of carbonyl (C=O) groups excluding carboxylic acids is 2. The largest absolute Gasteiger partial charge is 0.417 e. The van der Waals surface area contributed by atoms with E-state index < -0.39 is 51.8 Å². The van der Waals surface area contributed by atoms with Gasteiger partial charge in [0.05, 0.1) is 5.56 Å². The molecule has 0 aliphatic heterocycles. The van der Waals surface area contributed by atoms with Crippen molar-refractivity contribution in [2.45, 2.75) is 6.18 Å². The van der Waals surface area contributed by atoms with Crippen LogP contribution in [0.5, 0.6) is 5.88 Å². The number of hydrogen-bond acceptors (Lipinski definition) is 4. The Bertz CT molecular complexity index is 1190. The molecule has 172 valence electrons. The van der Waals surface area contributed by atoms with Gasteiger partial charge in [0, 0.05) is 16.9 Å². The topological polar surface area (TPSA) is 71.5 Å². The Morgan fingerprint density at radius 2 is 1.61 bits per heavy atom. The number of nitrogens with one attached hydrogen (secondary N) is 1. The molecule has 3 rings (SSSR count). The average molecular weight is 506 g/mol. The first-order valence-corrected chi connectivity index (χ1v) is 9.48. The summed E-state index contributed by atoms with van der Waals surface area (Å²) in [5, 5.41) is 1.69. The van der Waals surface area contributed by atoms with E-state index in [2.05, 4.69) is 10.3 Å². The number of urea groups is 1. The number of benzene rings is 2. The standard InChI is InChI=1S/C20H10Cl2F5N3O3/c21-11-4-6-12(7-5-11)29-19(32)30(18(31)16-14(23)2-1-3-15(16)24)33-17-13(22)8-10(9-28-17)20(25,26)27/h1-9H,(H,29,32). The highest BCUT2D eigenvalue weighted by Crippen LogP contribution is 2.33. The van der Waals surface area contributed by atoms with Gasteiger partial charge >= 0.3 is 18.1 Å². The summed E-state index contributed by atoms with van der Waals surface area (Å²) in [7, 11) is 0.